The summed E-state index contributed by atoms with van der Waals surface area (Å²) >= 11 is 0. The number of carbonyl (C=O) groups is 1. The van der Waals surface area contributed by atoms with E-state index in [-0.39, 0.29) is 18.6 Å². The molecule has 1 amide bonds. The molecule has 2 unspecified atom stereocenters. The van der Waals surface area contributed by atoms with Gasteiger partial charge in [0.15, 0.2) is 0 Å². The third kappa shape index (κ3) is 6.61. The minimum atomic E-state index is -0.0419. The van der Waals surface area contributed by atoms with E-state index in [4.69, 9.17) is 9.47 Å². The molecule has 1 saturated heterocycles. The Bertz CT molecular complexity index is 216. The summed E-state index contributed by atoms with van der Waals surface area (Å²) in [5.41, 5.74) is 0. The zero-order chi connectivity index (χ0) is 12.5. The van der Waals surface area contributed by atoms with Gasteiger partial charge >= 0.3 is 0 Å². The molecule has 1 aliphatic heterocycles. The Hall–Kier alpha value is -0.650. The summed E-state index contributed by atoms with van der Waals surface area (Å²) < 4.78 is 10.4. The first-order valence-electron chi connectivity index (χ1n) is 6.33. The second-order valence-electron chi connectivity index (χ2n) is 4.52. The number of ether oxygens (including phenoxy) is 2. The quantitative estimate of drug-likeness (QED) is 0.632. The van der Waals surface area contributed by atoms with Crippen molar-refractivity contribution in [2.24, 2.45) is 0 Å². The van der Waals surface area contributed by atoms with Crippen LogP contribution in [0.2, 0.25) is 0 Å². The molecular weight excluding hydrogens is 220 g/mol. The van der Waals surface area contributed by atoms with Crippen molar-refractivity contribution in [3.63, 3.8) is 0 Å². The molecule has 5 nitrogen and oxygen atoms in total. The molecule has 0 bridgehead atoms. The Morgan fingerprint density at radius 1 is 1.47 bits per heavy atom. The number of methoxy groups -OCH3 is 1. The Morgan fingerprint density at radius 3 is 2.94 bits per heavy atom. The van der Waals surface area contributed by atoms with E-state index in [0.29, 0.717) is 19.2 Å². The molecule has 0 aromatic carbocycles. The van der Waals surface area contributed by atoms with E-state index < -0.39 is 0 Å². The normalized spacial score (nSPS) is 24.6. The number of carbonyl (C=O) groups excluding carboxylic acids is 1. The first-order valence-corrected chi connectivity index (χ1v) is 6.33. The SMILES string of the molecule is COCCCNC(=O)COC1CCC(C)NC1. The Kier molecular flexibility index (Phi) is 7.16. The van der Waals surface area contributed by atoms with E-state index in [9.17, 15) is 4.79 Å². The van der Waals surface area contributed by atoms with Crippen molar-refractivity contribution in [3.8, 4) is 0 Å². The lowest BCUT2D eigenvalue weighted by Crippen LogP contribution is -2.42. The number of amides is 1. The first kappa shape index (κ1) is 14.4. The molecular formula is C12H24N2O3. The van der Waals surface area contributed by atoms with Crippen LogP contribution in [-0.4, -0.2) is 51.5 Å². The number of piperidine rings is 1. The van der Waals surface area contributed by atoms with Crippen LogP contribution in [0.1, 0.15) is 26.2 Å². The van der Waals surface area contributed by atoms with Gasteiger partial charge in [-0.2, -0.15) is 0 Å². The summed E-state index contributed by atoms with van der Waals surface area (Å²) in [4.78, 5) is 11.4. The summed E-state index contributed by atoms with van der Waals surface area (Å²) in [6.07, 6.45) is 3.16. The molecule has 0 aliphatic carbocycles. The number of hydrogen-bond acceptors (Lipinski definition) is 4. The van der Waals surface area contributed by atoms with Gasteiger partial charge in [0.1, 0.15) is 6.61 Å². The average Bonchev–Trinajstić information content (AvgIpc) is 2.34. The van der Waals surface area contributed by atoms with Crippen molar-refractivity contribution >= 4 is 5.91 Å². The van der Waals surface area contributed by atoms with Crippen LogP contribution >= 0.6 is 0 Å². The van der Waals surface area contributed by atoms with Crippen LogP contribution in [0.25, 0.3) is 0 Å². The monoisotopic (exact) mass is 244 g/mol. The van der Waals surface area contributed by atoms with E-state index in [1.807, 2.05) is 0 Å². The highest BCUT2D eigenvalue weighted by molar-refractivity contribution is 5.77. The van der Waals surface area contributed by atoms with Crippen LogP contribution < -0.4 is 10.6 Å². The summed E-state index contributed by atoms with van der Waals surface area (Å²) in [6.45, 7) is 4.49. The van der Waals surface area contributed by atoms with Crippen molar-refractivity contribution < 1.29 is 14.3 Å². The minimum absolute atomic E-state index is 0.0419. The maximum absolute atomic E-state index is 11.4. The lowest BCUT2D eigenvalue weighted by molar-refractivity contribution is -0.128. The molecule has 1 rings (SSSR count). The van der Waals surface area contributed by atoms with Gasteiger partial charge in [-0.15, -0.1) is 0 Å². The molecule has 1 heterocycles. The van der Waals surface area contributed by atoms with Crippen molar-refractivity contribution in [1.82, 2.24) is 10.6 Å². The van der Waals surface area contributed by atoms with E-state index in [1.165, 1.54) is 0 Å². The second kappa shape index (κ2) is 8.44. The Labute approximate surface area is 103 Å². The first-order chi connectivity index (χ1) is 8.22. The third-order valence-corrected chi connectivity index (χ3v) is 2.91. The highest BCUT2D eigenvalue weighted by atomic mass is 16.5. The van der Waals surface area contributed by atoms with E-state index in [1.54, 1.807) is 7.11 Å². The van der Waals surface area contributed by atoms with Crippen LogP contribution in [0, 0.1) is 0 Å². The van der Waals surface area contributed by atoms with Gasteiger partial charge in [0.2, 0.25) is 5.91 Å². The van der Waals surface area contributed by atoms with E-state index in [2.05, 4.69) is 17.6 Å². The smallest absolute Gasteiger partial charge is 0.246 e. The van der Waals surface area contributed by atoms with Crippen molar-refractivity contribution in [2.75, 3.05) is 33.4 Å². The van der Waals surface area contributed by atoms with Gasteiger partial charge in [0.05, 0.1) is 6.10 Å². The van der Waals surface area contributed by atoms with Crippen molar-refractivity contribution in [1.29, 1.82) is 0 Å². The fourth-order valence-electron chi connectivity index (χ4n) is 1.80. The zero-order valence-electron chi connectivity index (χ0n) is 10.8. The highest BCUT2D eigenvalue weighted by Gasteiger charge is 2.18. The average molecular weight is 244 g/mol. The van der Waals surface area contributed by atoms with Gasteiger partial charge in [-0.3, -0.25) is 4.79 Å². The van der Waals surface area contributed by atoms with Crippen LogP contribution in [0.5, 0.6) is 0 Å². The predicted octanol–water partition coefficient (Wildman–Crippen LogP) is 0.296. The Balaban J connectivity index is 1.99. The fourth-order valence-corrected chi connectivity index (χ4v) is 1.80. The van der Waals surface area contributed by atoms with Gasteiger partial charge < -0.3 is 20.1 Å². The van der Waals surface area contributed by atoms with Crippen LogP contribution in [-0.2, 0) is 14.3 Å². The molecule has 0 radical (unpaired) electrons. The molecule has 2 N–H and O–H groups in total. The van der Waals surface area contributed by atoms with Gasteiger partial charge in [-0.1, -0.05) is 0 Å². The van der Waals surface area contributed by atoms with E-state index >= 15 is 0 Å². The molecule has 1 aliphatic rings. The van der Waals surface area contributed by atoms with Gasteiger partial charge in [0, 0.05) is 32.8 Å². The molecule has 0 aromatic rings. The third-order valence-electron chi connectivity index (χ3n) is 2.91. The van der Waals surface area contributed by atoms with Crippen molar-refractivity contribution in [2.45, 2.75) is 38.3 Å². The second-order valence-corrected chi connectivity index (χ2v) is 4.52. The van der Waals surface area contributed by atoms with Crippen molar-refractivity contribution in [3.05, 3.63) is 0 Å². The van der Waals surface area contributed by atoms with Crippen LogP contribution in [0.3, 0.4) is 0 Å². The van der Waals surface area contributed by atoms with Crippen LogP contribution in [0.4, 0.5) is 0 Å². The highest BCUT2D eigenvalue weighted by Crippen LogP contribution is 2.10. The fraction of sp³-hybridized carbons (Fsp3) is 0.917. The zero-order valence-corrected chi connectivity index (χ0v) is 10.8. The molecule has 1 fully saturated rings. The Morgan fingerprint density at radius 2 is 2.29 bits per heavy atom. The van der Waals surface area contributed by atoms with E-state index in [0.717, 1.165) is 25.8 Å². The van der Waals surface area contributed by atoms with Gasteiger partial charge in [-0.05, 0) is 26.2 Å². The lowest BCUT2D eigenvalue weighted by Gasteiger charge is -2.27. The van der Waals surface area contributed by atoms with Gasteiger partial charge in [0.25, 0.3) is 0 Å². The largest absolute Gasteiger partial charge is 0.385 e. The summed E-state index contributed by atoms with van der Waals surface area (Å²) in [5, 5.41) is 6.14. The standard InChI is InChI=1S/C12H24N2O3/c1-10-4-5-11(8-14-10)17-9-12(15)13-6-3-7-16-2/h10-11,14H,3-9H2,1-2H3,(H,13,15). The van der Waals surface area contributed by atoms with Crippen LogP contribution in [0.15, 0.2) is 0 Å². The maximum atomic E-state index is 11.4. The molecule has 0 aromatic heterocycles. The topological polar surface area (TPSA) is 59.6 Å². The predicted molar refractivity (Wildman–Crippen MR) is 65.9 cm³/mol. The molecule has 0 saturated carbocycles. The minimum Gasteiger partial charge on any atom is -0.385 e. The molecule has 5 heteroatoms. The molecule has 17 heavy (non-hydrogen) atoms. The molecule has 2 atom stereocenters. The number of hydrogen-bond donors (Lipinski definition) is 2. The maximum Gasteiger partial charge on any atom is 0.246 e. The van der Waals surface area contributed by atoms with Gasteiger partial charge in [-0.25, -0.2) is 0 Å². The summed E-state index contributed by atoms with van der Waals surface area (Å²) in [6, 6.07) is 0.567. The number of nitrogens with one attached hydrogen (secondary N) is 2. The lowest BCUT2D eigenvalue weighted by atomic mass is 10.0. The molecule has 100 valence electrons. The number of rotatable bonds is 7. The summed E-state index contributed by atoms with van der Waals surface area (Å²) in [5.74, 6) is -0.0419. The summed E-state index contributed by atoms with van der Waals surface area (Å²) in [7, 11) is 1.65. The molecule has 0 spiro atoms.